The summed E-state index contributed by atoms with van der Waals surface area (Å²) in [5.74, 6) is 1.07. The minimum atomic E-state index is -3.82. The maximum absolute atomic E-state index is 14.0. The molecule has 10 nitrogen and oxygen atoms in total. The molecule has 3 aromatic carbocycles. The second-order valence-electron chi connectivity index (χ2n) is 14.9. The van der Waals surface area contributed by atoms with E-state index in [1.54, 1.807) is 18.2 Å². The lowest BCUT2D eigenvalue weighted by molar-refractivity contribution is -0.132. The Bertz CT molecular complexity index is 2670. The highest BCUT2D eigenvalue weighted by atomic mass is 32.2. The number of nitriles is 1. The normalized spacial score (nSPS) is 13.6. The molecule has 0 amide bonds. The smallest absolute Gasteiger partial charge is 0.346 e. The molecule has 320 valence electrons. The average molecular weight is 907 g/mol. The van der Waals surface area contributed by atoms with Crippen LogP contribution in [0.25, 0.3) is 36.0 Å². The number of ether oxygens (including phenoxy) is 4. The van der Waals surface area contributed by atoms with Crippen molar-refractivity contribution in [1.82, 2.24) is 0 Å². The van der Waals surface area contributed by atoms with Crippen molar-refractivity contribution in [2.45, 2.75) is 75.0 Å². The van der Waals surface area contributed by atoms with E-state index in [0.29, 0.717) is 49.1 Å². The molecule has 2 aliphatic heterocycles. The van der Waals surface area contributed by atoms with Crippen LogP contribution in [0.1, 0.15) is 70.1 Å². The standard InChI is InChI=1S/C48H46N2O8S4/c1-3-5-7-9-23-55-36-19-15-34(16-20-36)50(35-17-21-37(22-18-35)56-24-10-8-6-4-2)33-13-11-31(12-14-33)38-28-41-46(59-38)47-42(62(41,53)54)29-40(61-47)45-44-43(57-25-26-58-44)39(60-45)27-32(30-49)48(51)52/h11-22,27-29H,3-10,23-26H2,1-2H3,(H,51,52)/b32-27+. The summed E-state index contributed by atoms with van der Waals surface area (Å²) in [5, 5.41) is 18.9. The van der Waals surface area contributed by atoms with Crippen LogP contribution in [-0.2, 0) is 14.6 Å². The Labute approximate surface area is 374 Å². The number of aliphatic carboxylic acids is 1. The second-order valence-corrected chi connectivity index (χ2v) is 20.0. The van der Waals surface area contributed by atoms with Gasteiger partial charge in [0.1, 0.15) is 36.4 Å². The monoisotopic (exact) mass is 906 g/mol. The third-order valence-corrected chi connectivity index (χ3v) is 16.4. The van der Waals surface area contributed by atoms with Crippen molar-refractivity contribution in [3.63, 3.8) is 0 Å². The molecule has 8 rings (SSSR count). The Morgan fingerprint density at radius 2 is 1.21 bits per heavy atom. The molecular formula is C48H46N2O8S4. The first-order chi connectivity index (χ1) is 30.2. The second kappa shape index (κ2) is 19.2. The molecule has 0 fully saturated rings. The van der Waals surface area contributed by atoms with Crippen LogP contribution in [-0.4, -0.2) is 45.9 Å². The number of carboxylic acid groups (broad SMARTS) is 1. The molecule has 0 radical (unpaired) electrons. The number of sulfone groups is 1. The Hall–Kier alpha value is -5.59. The number of nitrogens with zero attached hydrogens (tertiary/aromatic N) is 2. The lowest BCUT2D eigenvalue weighted by Crippen LogP contribution is -2.15. The number of anilines is 3. The Kier molecular flexibility index (Phi) is 13.3. The van der Waals surface area contributed by atoms with Crippen molar-refractivity contribution in [1.29, 1.82) is 5.26 Å². The molecule has 3 aromatic heterocycles. The average Bonchev–Trinajstić information content (AvgIpc) is 4.06. The van der Waals surface area contributed by atoms with Crippen molar-refractivity contribution in [3.8, 4) is 59.0 Å². The first kappa shape index (κ1) is 43.1. The summed E-state index contributed by atoms with van der Waals surface area (Å²) in [7, 11) is -3.82. The largest absolute Gasteiger partial charge is 0.494 e. The van der Waals surface area contributed by atoms with E-state index in [-0.39, 0.29) is 23.0 Å². The molecule has 0 saturated carbocycles. The fraction of sp³-hybridized carbons (Fsp3) is 0.292. The predicted octanol–water partition coefficient (Wildman–Crippen LogP) is 13.2. The lowest BCUT2D eigenvalue weighted by atomic mass is 10.1. The van der Waals surface area contributed by atoms with Crippen LogP contribution in [0, 0.1) is 11.3 Å². The van der Waals surface area contributed by atoms with Crippen molar-refractivity contribution < 1.29 is 37.3 Å². The minimum Gasteiger partial charge on any atom is -0.494 e. The molecule has 0 bridgehead atoms. The number of hydrogen-bond donors (Lipinski definition) is 1. The summed E-state index contributed by atoms with van der Waals surface area (Å²) >= 11 is 3.98. The number of thiophene rings is 3. The van der Waals surface area contributed by atoms with Crippen LogP contribution in [0.3, 0.4) is 0 Å². The molecule has 1 N–H and O–H groups in total. The van der Waals surface area contributed by atoms with Gasteiger partial charge >= 0.3 is 5.97 Å². The molecule has 0 saturated heterocycles. The van der Waals surface area contributed by atoms with Crippen LogP contribution in [0.5, 0.6) is 23.0 Å². The first-order valence-corrected chi connectivity index (χ1v) is 24.8. The van der Waals surface area contributed by atoms with E-state index in [2.05, 4.69) is 55.1 Å². The van der Waals surface area contributed by atoms with Gasteiger partial charge < -0.3 is 29.0 Å². The van der Waals surface area contributed by atoms with Gasteiger partial charge in [-0.2, -0.15) is 5.26 Å². The summed E-state index contributed by atoms with van der Waals surface area (Å²) in [6, 6.07) is 29.6. The summed E-state index contributed by atoms with van der Waals surface area (Å²) < 4.78 is 52.0. The van der Waals surface area contributed by atoms with Gasteiger partial charge in [0.05, 0.1) is 47.4 Å². The SMILES string of the molecule is CCCCCCOc1ccc(N(c2ccc(OCCCCCC)cc2)c2ccc(-c3cc4c(s3)-c3sc(-c5sc(/C=C(\C#N)C(=O)O)c6c5OCCO6)cc3S4(=O)=O)cc2)cc1. The van der Waals surface area contributed by atoms with Gasteiger partial charge in [0.15, 0.2) is 11.5 Å². The molecule has 62 heavy (non-hydrogen) atoms. The zero-order valence-corrected chi connectivity index (χ0v) is 37.7. The van der Waals surface area contributed by atoms with Crippen LogP contribution >= 0.6 is 34.0 Å². The van der Waals surface area contributed by atoms with E-state index in [0.717, 1.165) is 64.7 Å². The molecule has 0 atom stereocenters. The summed E-state index contributed by atoms with van der Waals surface area (Å²) in [4.78, 5) is 18.2. The van der Waals surface area contributed by atoms with Crippen molar-refractivity contribution in [2.75, 3.05) is 31.3 Å². The van der Waals surface area contributed by atoms with Gasteiger partial charge in [-0.25, -0.2) is 13.2 Å². The van der Waals surface area contributed by atoms with Crippen LogP contribution in [0.15, 0.2) is 100 Å². The number of hydrogen-bond acceptors (Lipinski definition) is 12. The number of benzene rings is 3. The zero-order chi connectivity index (χ0) is 43.2. The highest BCUT2D eigenvalue weighted by Gasteiger charge is 2.39. The number of unbranched alkanes of at least 4 members (excludes halogenated alkanes) is 6. The van der Waals surface area contributed by atoms with E-state index in [1.807, 2.05) is 36.4 Å². The number of carbonyl (C=O) groups is 1. The highest BCUT2D eigenvalue weighted by molar-refractivity contribution is 7.92. The third kappa shape index (κ3) is 8.99. The van der Waals surface area contributed by atoms with Crippen molar-refractivity contribution in [3.05, 3.63) is 95.4 Å². The van der Waals surface area contributed by atoms with Crippen molar-refractivity contribution in [2.24, 2.45) is 0 Å². The topological polar surface area (TPSA) is 135 Å². The van der Waals surface area contributed by atoms with Crippen molar-refractivity contribution >= 4 is 73.0 Å². The van der Waals surface area contributed by atoms with Gasteiger partial charge in [-0.15, -0.1) is 34.0 Å². The maximum atomic E-state index is 14.0. The molecule has 14 heteroatoms. The number of rotatable bonds is 19. The lowest BCUT2D eigenvalue weighted by Gasteiger charge is -2.26. The Morgan fingerprint density at radius 1 is 0.710 bits per heavy atom. The van der Waals surface area contributed by atoms with Gasteiger partial charge in [-0.05, 0) is 97.3 Å². The summed E-state index contributed by atoms with van der Waals surface area (Å²) in [6.45, 7) is 6.32. The Morgan fingerprint density at radius 3 is 1.73 bits per heavy atom. The van der Waals surface area contributed by atoms with Crippen LogP contribution in [0.4, 0.5) is 17.1 Å². The fourth-order valence-electron chi connectivity index (χ4n) is 7.38. The molecule has 0 spiro atoms. The van der Waals surface area contributed by atoms with Crippen LogP contribution in [0.2, 0.25) is 0 Å². The molecule has 0 aliphatic carbocycles. The quantitative estimate of drug-likeness (QED) is 0.0474. The number of fused-ring (bicyclic) bond motifs is 4. The summed E-state index contributed by atoms with van der Waals surface area (Å²) in [6.07, 6.45) is 10.4. The van der Waals surface area contributed by atoms with Gasteiger partial charge in [0.25, 0.3) is 0 Å². The summed E-state index contributed by atoms with van der Waals surface area (Å²) in [5.41, 5.74) is 3.31. The first-order valence-electron chi connectivity index (χ1n) is 20.9. The van der Waals surface area contributed by atoms with E-state index in [1.165, 1.54) is 65.8 Å². The van der Waals surface area contributed by atoms with Gasteiger partial charge in [0.2, 0.25) is 9.84 Å². The number of carboxylic acids is 1. The molecule has 6 aromatic rings. The molecule has 2 aliphatic rings. The molecule has 5 heterocycles. The van der Waals surface area contributed by atoms with Gasteiger partial charge in [-0.1, -0.05) is 64.5 Å². The van der Waals surface area contributed by atoms with Gasteiger partial charge in [0, 0.05) is 21.9 Å². The van der Waals surface area contributed by atoms with E-state index < -0.39 is 21.4 Å². The fourth-order valence-corrected chi connectivity index (χ4v) is 13.5. The van der Waals surface area contributed by atoms with E-state index >= 15 is 0 Å². The predicted molar refractivity (Wildman–Crippen MR) is 248 cm³/mol. The maximum Gasteiger partial charge on any atom is 0.346 e. The third-order valence-electron chi connectivity index (χ3n) is 10.6. The van der Waals surface area contributed by atoms with Crippen LogP contribution < -0.4 is 23.8 Å². The zero-order valence-electron chi connectivity index (χ0n) is 34.5. The van der Waals surface area contributed by atoms with E-state index in [9.17, 15) is 23.6 Å². The van der Waals surface area contributed by atoms with Gasteiger partial charge in [-0.3, -0.25) is 0 Å². The Balaban J connectivity index is 1.07. The molecule has 0 unspecified atom stereocenters. The molecular weight excluding hydrogens is 861 g/mol. The van der Waals surface area contributed by atoms with E-state index in [4.69, 9.17) is 18.9 Å². The minimum absolute atomic E-state index is 0.233. The highest BCUT2D eigenvalue weighted by Crippen LogP contribution is 2.58.